The minimum atomic E-state index is -0.183. The molecule has 0 saturated carbocycles. The summed E-state index contributed by atoms with van der Waals surface area (Å²) in [6.07, 6.45) is 22.0. The zero-order valence-corrected chi connectivity index (χ0v) is 34.8. The van der Waals surface area contributed by atoms with Crippen LogP contribution in [0.5, 0.6) is 0 Å². The quantitative estimate of drug-likeness (QED) is 0.155. The predicted molar refractivity (Wildman–Crippen MR) is 256 cm³/mol. The molecule has 0 spiro atoms. The average molecular weight is 800 g/mol. The lowest BCUT2D eigenvalue weighted by atomic mass is 9.68. The van der Waals surface area contributed by atoms with Crippen molar-refractivity contribution in [1.82, 2.24) is 10.2 Å². The normalized spacial score (nSPS) is 22.7. The van der Waals surface area contributed by atoms with Gasteiger partial charge in [-0.3, -0.25) is 10.3 Å². The highest BCUT2D eigenvalue weighted by Crippen LogP contribution is 2.55. The van der Waals surface area contributed by atoms with E-state index in [1.165, 1.54) is 66.9 Å². The van der Waals surface area contributed by atoms with Gasteiger partial charge in [-0.1, -0.05) is 200 Å². The van der Waals surface area contributed by atoms with Crippen molar-refractivity contribution >= 4 is 16.9 Å². The first-order valence-corrected chi connectivity index (χ1v) is 22.2. The molecule has 6 aromatic rings. The molecule has 0 fully saturated rings. The summed E-state index contributed by atoms with van der Waals surface area (Å²) in [6, 6.07) is 60.1. The molecule has 5 unspecified atom stereocenters. The summed E-state index contributed by atoms with van der Waals surface area (Å²) in [6.45, 7) is 0. The fourth-order valence-electron chi connectivity index (χ4n) is 10.4. The van der Waals surface area contributed by atoms with E-state index in [2.05, 4.69) is 228 Å². The maximum atomic E-state index is 5.38. The van der Waals surface area contributed by atoms with Crippen molar-refractivity contribution in [1.29, 1.82) is 0 Å². The monoisotopic (exact) mass is 799 g/mol. The van der Waals surface area contributed by atoms with E-state index in [0.29, 0.717) is 5.92 Å². The summed E-state index contributed by atoms with van der Waals surface area (Å²) in [7, 11) is 0. The fraction of sp³-hybridized carbons (Fsp3) is 0.153. The molecule has 300 valence electrons. The van der Waals surface area contributed by atoms with Gasteiger partial charge < -0.3 is 4.90 Å². The van der Waals surface area contributed by atoms with Gasteiger partial charge in [0.05, 0.1) is 11.7 Å². The molecule has 5 atom stereocenters. The molecule has 0 amide bonds. The van der Waals surface area contributed by atoms with Gasteiger partial charge in [-0.05, 0) is 93.0 Å². The van der Waals surface area contributed by atoms with Gasteiger partial charge in [0.25, 0.3) is 0 Å². The number of nitrogens with zero attached hydrogens (tertiary/aromatic N) is 2. The molecule has 2 aliphatic carbocycles. The molecule has 0 bridgehead atoms. The van der Waals surface area contributed by atoms with Gasteiger partial charge >= 0.3 is 0 Å². The summed E-state index contributed by atoms with van der Waals surface area (Å²) < 4.78 is 0. The molecule has 3 nitrogen and oxygen atoms in total. The van der Waals surface area contributed by atoms with Crippen LogP contribution < -0.4 is 5.32 Å². The minimum absolute atomic E-state index is 0.110. The third-order valence-corrected chi connectivity index (χ3v) is 13.3. The van der Waals surface area contributed by atoms with Crippen LogP contribution in [0.15, 0.2) is 235 Å². The van der Waals surface area contributed by atoms with Crippen LogP contribution in [0.2, 0.25) is 0 Å². The highest BCUT2D eigenvalue weighted by atomic mass is 15.2. The Kier molecular flexibility index (Phi) is 10.3. The molecule has 1 N–H and O–H groups in total. The van der Waals surface area contributed by atoms with Crippen molar-refractivity contribution in [3.63, 3.8) is 0 Å². The SMILES string of the molecule is C1=CN2C(C3=CC=CCC3)=C(c3cccc(-c4cccc(C5N=C(c6ccccc6)CC(c6ccccc6)N5)c4)c3)c3ccccc3C2C(C2C=CC=CC2)C=1c1ccccc1. The van der Waals surface area contributed by atoms with E-state index >= 15 is 0 Å². The van der Waals surface area contributed by atoms with Crippen LogP contribution in [-0.2, 0) is 0 Å². The smallest absolute Gasteiger partial charge is 0.126 e. The Morgan fingerprint density at radius 3 is 2.08 bits per heavy atom. The summed E-state index contributed by atoms with van der Waals surface area (Å²) in [5.41, 5.74) is 21.4. The van der Waals surface area contributed by atoms with Gasteiger partial charge in [0.1, 0.15) is 6.17 Å². The van der Waals surface area contributed by atoms with Crippen LogP contribution in [0.4, 0.5) is 0 Å². The Balaban J connectivity index is 1.04. The van der Waals surface area contributed by atoms with E-state index in [9.17, 15) is 0 Å². The van der Waals surface area contributed by atoms with Crippen LogP contribution in [0.3, 0.4) is 0 Å². The fourth-order valence-corrected chi connectivity index (χ4v) is 10.4. The third-order valence-electron chi connectivity index (χ3n) is 13.3. The van der Waals surface area contributed by atoms with E-state index in [4.69, 9.17) is 4.99 Å². The molecular weight excluding hydrogens is 751 g/mol. The molecule has 3 aliphatic heterocycles. The van der Waals surface area contributed by atoms with Crippen LogP contribution in [0, 0.1) is 11.8 Å². The van der Waals surface area contributed by atoms with Crippen molar-refractivity contribution in [2.75, 3.05) is 0 Å². The Bertz CT molecular complexity index is 2890. The van der Waals surface area contributed by atoms with E-state index in [1.54, 1.807) is 0 Å². The minimum Gasteiger partial charge on any atom is -0.332 e. The second kappa shape index (κ2) is 16.8. The van der Waals surface area contributed by atoms with Crippen LogP contribution >= 0.6 is 0 Å². The summed E-state index contributed by atoms with van der Waals surface area (Å²) >= 11 is 0. The van der Waals surface area contributed by atoms with Gasteiger partial charge in [0.2, 0.25) is 0 Å². The van der Waals surface area contributed by atoms with Crippen LogP contribution in [-0.4, -0.2) is 10.6 Å². The third kappa shape index (κ3) is 7.20. The number of hydrogen-bond donors (Lipinski definition) is 1. The van der Waals surface area contributed by atoms with Gasteiger partial charge in [-0.25, -0.2) is 0 Å². The largest absolute Gasteiger partial charge is 0.332 e. The lowest BCUT2D eigenvalue weighted by Gasteiger charge is -2.48. The molecule has 3 heterocycles. The first-order chi connectivity index (χ1) is 30.8. The second-order valence-corrected chi connectivity index (χ2v) is 17.0. The van der Waals surface area contributed by atoms with E-state index in [-0.39, 0.29) is 24.2 Å². The highest BCUT2D eigenvalue weighted by molar-refractivity contribution is 6.01. The summed E-state index contributed by atoms with van der Waals surface area (Å²) in [4.78, 5) is 7.97. The lowest BCUT2D eigenvalue weighted by molar-refractivity contribution is 0.239. The maximum absolute atomic E-state index is 5.38. The van der Waals surface area contributed by atoms with Crippen molar-refractivity contribution < 1.29 is 0 Å². The maximum Gasteiger partial charge on any atom is 0.126 e. The average Bonchev–Trinajstić information content (AvgIpc) is 3.37. The number of rotatable bonds is 8. The predicted octanol–water partition coefficient (Wildman–Crippen LogP) is 13.9. The van der Waals surface area contributed by atoms with Gasteiger partial charge in [-0.15, -0.1) is 0 Å². The number of allylic oxidation sites excluding steroid dienone is 8. The molecule has 3 heteroatoms. The molecule has 0 radical (unpaired) electrons. The van der Waals surface area contributed by atoms with Gasteiger partial charge in [0.15, 0.2) is 0 Å². The number of aliphatic imine (C=N–C) groups is 1. The number of nitrogens with one attached hydrogen (secondary N) is 1. The Morgan fingerprint density at radius 1 is 0.613 bits per heavy atom. The van der Waals surface area contributed by atoms with Crippen molar-refractivity contribution in [3.8, 4) is 11.1 Å². The first-order valence-electron chi connectivity index (χ1n) is 22.2. The van der Waals surface area contributed by atoms with E-state index in [1.807, 2.05) is 0 Å². The molecule has 6 aromatic carbocycles. The molecule has 11 rings (SSSR count). The standard InChI is InChI=1S/C59H49N3/c1-6-20-41(21-7-1)50-36-37-62-57(45-28-14-5-15-29-45)56(51-34-16-17-35-52(51)58(62)55(50)44-26-12-4-13-27-44)48-32-18-30-46(38-48)47-31-19-33-49(39-47)59-60-53(42-22-8-2-9-23-42)40-54(61-59)43-24-10-3-11-25-43/h1-14,16-26,28,30-35,37-39,44,53,55,58-60H,15,27,29,40H2. The lowest BCUT2D eigenvalue weighted by Crippen LogP contribution is -2.39. The Morgan fingerprint density at radius 2 is 1.31 bits per heavy atom. The van der Waals surface area contributed by atoms with Crippen molar-refractivity contribution in [2.24, 2.45) is 16.8 Å². The number of benzene rings is 6. The van der Waals surface area contributed by atoms with Gasteiger partial charge in [0, 0.05) is 41.4 Å². The zero-order valence-electron chi connectivity index (χ0n) is 34.8. The van der Waals surface area contributed by atoms with Crippen LogP contribution in [0.1, 0.15) is 82.9 Å². The first kappa shape index (κ1) is 37.9. The topological polar surface area (TPSA) is 27.6 Å². The summed E-state index contributed by atoms with van der Waals surface area (Å²) in [5, 5.41) is 3.92. The summed E-state index contributed by atoms with van der Waals surface area (Å²) in [5.74, 6) is 0.542. The zero-order chi connectivity index (χ0) is 41.2. The van der Waals surface area contributed by atoms with E-state index < -0.39 is 0 Å². The molecule has 0 saturated heterocycles. The molecule has 0 aromatic heterocycles. The van der Waals surface area contributed by atoms with E-state index in [0.717, 1.165) is 37.0 Å². The number of hydrogen-bond acceptors (Lipinski definition) is 3. The van der Waals surface area contributed by atoms with Crippen LogP contribution in [0.25, 0.3) is 22.3 Å². The van der Waals surface area contributed by atoms with Crippen molar-refractivity contribution in [2.45, 2.75) is 43.9 Å². The second-order valence-electron chi connectivity index (χ2n) is 17.0. The highest BCUT2D eigenvalue weighted by Gasteiger charge is 2.44. The number of fused-ring (bicyclic) bond motifs is 3. The molecular formula is C59H49N3. The van der Waals surface area contributed by atoms with Crippen molar-refractivity contribution in [3.05, 3.63) is 268 Å². The molecule has 5 aliphatic rings. The Labute approximate surface area is 365 Å². The Hall–Kier alpha value is -7.03. The van der Waals surface area contributed by atoms with Gasteiger partial charge in [-0.2, -0.15) is 0 Å². The molecule has 62 heavy (non-hydrogen) atoms.